The van der Waals surface area contributed by atoms with Crippen molar-refractivity contribution in [2.75, 3.05) is 0 Å². The van der Waals surface area contributed by atoms with Crippen molar-refractivity contribution in [2.24, 2.45) is 0 Å². The summed E-state index contributed by atoms with van der Waals surface area (Å²) in [5.74, 6) is 0.0115. The van der Waals surface area contributed by atoms with Gasteiger partial charge in [-0.3, -0.25) is 0 Å². The average molecular weight is 617 g/mol. The van der Waals surface area contributed by atoms with Crippen LogP contribution in [0, 0.1) is 0 Å². The minimum atomic E-state index is -0.660. The molecule has 0 atom stereocenters. The van der Waals surface area contributed by atoms with Crippen molar-refractivity contribution in [3.05, 3.63) is 163 Å². The van der Waals surface area contributed by atoms with Crippen LogP contribution >= 0.6 is 0 Å². The zero-order valence-electron chi connectivity index (χ0n) is 39.2. The van der Waals surface area contributed by atoms with Gasteiger partial charge in [-0.05, 0) is 63.3 Å². The molecule has 0 aliphatic heterocycles. The number of hydrogen-bond donors (Lipinski definition) is 0. The maximum atomic E-state index is 9.58. The number of furan rings is 1. The molecule has 0 spiro atoms. The highest BCUT2D eigenvalue weighted by molar-refractivity contribution is 6.12. The van der Waals surface area contributed by atoms with E-state index >= 15 is 0 Å². The first-order valence-electron chi connectivity index (χ1n) is 22.0. The van der Waals surface area contributed by atoms with Crippen molar-refractivity contribution in [3.63, 3.8) is 0 Å². The van der Waals surface area contributed by atoms with Crippen LogP contribution in [-0.4, -0.2) is 15.0 Å². The van der Waals surface area contributed by atoms with Crippen LogP contribution in [0.15, 0.2) is 168 Å². The van der Waals surface area contributed by atoms with E-state index in [4.69, 9.17) is 33.6 Å². The van der Waals surface area contributed by atoms with Crippen LogP contribution < -0.4 is 0 Å². The predicted octanol–water partition coefficient (Wildman–Crippen LogP) is 11.3. The van der Waals surface area contributed by atoms with Gasteiger partial charge in [0.05, 0.1) is 20.6 Å². The molecule has 4 heteroatoms. The third-order valence-corrected chi connectivity index (χ3v) is 7.68. The Balaban J connectivity index is 1.28. The fraction of sp³-hybridized carbons (Fsp3) is 0. The van der Waals surface area contributed by atoms with Crippen LogP contribution in [0.3, 0.4) is 0 Å². The highest BCUT2D eigenvalue weighted by Crippen LogP contribution is 2.38. The van der Waals surface area contributed by atoms with Gasteiger partial charge in [0, 0.05) is 27.5 Å². The lowest BCUT2D eigenvalue weighted by molar-refractivity contribution is 0.669. The number of aromatic nitrogens is 3. The highest BCUT2D eigenvalue weighted by atomic mass is 16.3. The molecule has 2 aromatic heterocycles. The van der Waals surface area contributed by atoms with Crippen LogP contribution in [0.1, 0.15) is 20.6 Å². The van der Waals surface area contributed by atoms with Crippen molar-refractivity contribution in [1.82, 2.24) is 15.0 Å². The Bertz CT molecular complexity index is 3400. The standard InChI is InChI=1S/C43H27N3O/c1-3-11-28(12-4-1)30-21-22-32-26-35(24-23-31(32)25-30)43-45-41(29-13-5-2-6-14-29)44-42(46-43)34-16-9-15-33(27-34)36-18-10-20-39-40(36)37-17-7-8-19-38(37)47-39/h1-27H/i1D,3D,4D,7D,8D,9D,10D,11D,12D,15D,16D,18D,19D,20D,27D. The van der Waals surface area contributed by atoms with E-state index in [0.717, 1.165) is 0 Å². The molecule has 0 N–H and O–H groups in total. The third kappa shape index (κ3) is 4.93. The average Bonchev–Trinajstić information content (AvgIpc) is 3.65. The zero-order valence-corrected chi connectivity index (χ0v) is 24.2. The Hall–Kier alpha value is -6.39. The molecule has 0 aliphatic carbocycles. The first-order chi connectivity index (χ1) is 29.5. The Morgan fingerprint density at radius 2 is 1.09 bits per heavy atom. The Kier molecular flexibility index (Phi) is 3.75. The van der Waals surface area contributed by atoms with E-state index in [2.05, 4.69) is 4.98 Å². The van der Waals surface area contributed by atoms with E-state index in [1.54, 1.807) is 66.7 Å². The molecule has 0 saturated heterocycles. The Morgan fingerprint density at radius 1 is 0.447 bits per heavy atom. The molecule has 7 aromatic carbocycles. The van der Waals surface area contributed by atoms with E-state index < -0.39 is 72.5 Å². The summed E-state index contributed by atoms with van der Waals surface area (Å²) in [5.41, 5.74) is 0.0575. The monoisotopic (exact) mass is 616 g/mol. The highest BCUT2D eigenvalue weighted by Gasteiger charge is 2.16. The zero-order chi connectivity index (χ0) is 44.2. The summed E-state index contributed by atoms with van der Waals surface area (Å²) < 4.78 is 135. The molecule has 0 bridgehead atoms. The molecule has 2 heterocycles. The molecule has 220 valence electrons. The van der Waals surface area contributed by atoms with Gasteiger partial charge in [0.1, 0.15) is 11.2 Å². The van der Waals surface area contributed by atoms with Gasteiger partial charge in [-0.2, -0.15) is 0 Å². The van der Waals surface area contributed by atoms with Crippen LogP contribution in [0.25, 0.3) is 89.1 Å². The first-order valence-corrected chi connectivity index (χ1v) is 14.5. The summed E-state index contributed by atoms with van der Waals surface area (Å²) in [7, 11) is 0. The smallest absolute Gasteiger partial charge is 0.164 e. The van der Waals surface area contributed by atoms with Gasteiger partial charge in [0.15, 0.2) is 17.5 Å². The number of rotatable bonds is 5. The number of para-hydroxylation sites is 1. The van der Waals surface area contributed by atoms with Gasteiger partial charge < -0.3 is 4.42 Å². The molecule has 9 rings (SSSR count). The molecule has 0 radical (unpaired) electrons. The van der Waals surface area contributed by atoms with Gasteiger partial charge in [0.25, 0.3) is 0 Å². The molecule has 47 heavy (non-hydrogen) atoms. The number of fused-ring (bicyclic) bond motifs is 4. The minimum Gasteiger partial charge on any atom is -0.456 e. The summed E-state index contributed by atoms with van der Waals surface area (Å²) in [6.45, 7) is 0. The lowest BCUT2D eigenvalue weighted by Crippen LogP contribution is -2.00. The second-order valence-electron chi connectivity index (χ2n) is 10.5. The van der Waals surface area contributed by atoms with Crippen LogP contribution in [0.4, 0.5) is 0 Å². The first kappa shape index (κ1) is 15.7. The van der Waals surface area contributed by atoms with E-state index in [1.807, 2.05) is 0 Å². The fourth-order valence-corrected chi connectivity index (χ4v) is 5.46. The quantitative estimate of drug-likeness (QED) is 0.193. The molecular formula is C43H27N3O. The van der Waals surface area contributed by atoms with Crippen LogP contribution in [-0.2, 0) is 0 Å². The maximum Gasteiger partial charge on any atom is 0.164 e. The van der Waals surface area contributed by atoms with Crippen molar-refractivity contribution in [1.29, 1.82) is 0 Å². The SMILES string of the molecule is [2H]c1cc2c(oc3c([2H])c([2H])c([2H])c(-c4c([2H])c([2H])c([2H])c(-c5nc(-c6ccccc6)nc(-c6ccc7cc(-c8c([2H])c([2H])c([2H])c([2H])c8[2H])ccc7c6)n5)c4[2H])c32)c([2H])c1[2H]. The predicted molar refractivity (Wildman–Crippen MR) is 192 cm³/mol. The maximum absolute atomic E-state index is 9.58. The van der Waals surface area contributed by atoms with Gasteiger partial charge >= 0.3 is 0 Å². The van der Waals surface area contributed by atoms with E-state index in [9.17, 15) is 1.37 Å². The summed E-state index contributed by atoms with van der Waals surface area (Å²) in [6, 6.07) is 12.8. The fourth-order valence-electron chi connectivity index (χ4n) is 5.46. The molecule has 0 unspecified atom stereocenters. The minimum absolute atomic E-state index is 0.0374. The lowest BCUT2D eigenvalue weighted by atomic mass is 9.97. The molecule has 9 aromatic rings. The van der Waals surface area contributed by atoms with Gasteiger partial charge in [-0.15, -0.1) is 0 Å². The van der Waals surface area contributed by atoms with Gasteiger partial charge in [-0.1, -0.05) is 133 Å². The lowest BCUT2D eigenvalue weighted by Gasteiger charge is -2.11. The summed E-state index contributed by atoms with van der Waals surface area (Å²) >= 11 is 0. The summed E-state index contributed by atoms with van der Waals surface area (Å²) in [4.78, 5) is 14.1. The van der Waals surface area contributed by atoms with E-state index in [-0.39, 0.29) is 79.8 Å². The van der Waals surface area contributed by atoms with Gasteiger partial charge in [-0.25, -0.2) is 15.0 Å². The second kappa shape index (κ2) is 11.2. The van der Waals surface area contributed by atoms with Crippen molar-refractivity contribution in [3.8, 4) is 56.4 Å². The third-order valence-electron chi connectivity index (χ3n) is 7.68. The molecule has 4 nitrogen and oxygen atoms in total. The van der Waals surface area contributed by atoms with E-state index in [0.29, 0.717) is 27.5 Å². The number of benzene rings is 7. The molecule has 0 aliphatic rings. The van der Waals surface area contributed by atoms with Gasteiger partial charge in [0.2, 0.25) is 0 Å². The number of nitrogens with zero attached hydrogens (tertiary/aromatic N) is 3. The van der Waals surface area contributed by atoms with Crippen LogP contribution in [0.2, 0.25) is 0 Å². The Morgan fingerprint density at radius 3 is 1.91 bits per heavy atom. The molecule has 0 saturated carbocycles. The summed E-state index contributed by atoms with van der Waals surface area (Å²) in [6.07, 6.45) is 0. The van der Waals surface area contributed by atoms with Crippen molar-refractivity contribution in [2.45, 2.75) is 0 Å². The largest absolute Gasteiger partial charge is 0.456 e. The number of hydrogen-bond acceptors (Lipinski definition) is 4. The normalized spacial score (nSPS) is 15.9. The second-order valence-corrected chi connectivity index (χ2v) is 10.5. The molecule has 0 fully saturated rings. The van der Waals surface area contributed by atoms with Crippen LogP contribution in [0.5, 0.6) is 0 Å². The topological polar surface area (TPSA) is 51.8 Å². The molecular weight excluding hydrogens is 574 g/mol. The Labute approximate surface area is 292 Å². The van der Waals surface area contributed by atoms with Crippen molar-refractivity contribution >= 4 is 32.7 Å². The van der Waals surface area contributed by atoms with E-state index in [1.165, 1.54) is 6.07 Å². The summed E-state index contributed by atoms with van der Waals surface area (Å²) in [5, 5.41) is 1.31. The molecule has 0 amide bonds. The van der Waals surface area contributed by atoms with Crippen molar-refractivity contribution < 1.29 is 25.0 Å².